The van der Waals surface area contributed by atoms with Crippen molar-refractivity contribution in [3.05, 3.63) is 80.6 Å². The Balaban J connectivity index is 1.35. The molecular formula is C27H26F4N6O3. The summed E-state index contributed by atoms with van der Waals surface area (Å²) in [5.41, 5.74) is -2.78. The lowest BCUT2D eigenvalue weighted by Gasteiger charge is -2.31. The van der Waals surface area contributed by atoms with E-state index < -0.39 is 29.2 Å². The van der Waals surface area contributed by atoms with Crippen LogP contribution in [-0.4, -0.2) is 35.9 Å². The van der Waals surface area contributed by atoms with E-state index in [1.165, 1.54) is 23.0 Å². The van der Waals surface area contributed by atoms with Gasteiger partial charge in [0.25, 0.3) is 11.1 Å². The first-order chi connectivity index (χ1) is 19.0. The van der Waals surface area contributed by atoms with Crippen LogP contribution in [0.1, 0.15) is 49.8 Å². The second kappa shape index (κ2) is 10.8. The number of H-pyrrole nitrogens is 1. The molecule has 0 aliphatic heterocycles. The predicted molar refractivity (Wildman–Crippen MR) is 139 cm³/mol. The van der Waals surface area contributed by atoms with E-state index in [4.69, 9.17) is 0 Å². The number of hydrogen-bond acceptors (Lipinski definition) is 7. The number of anilines is 1. The van der Waals surface area contributed by atoms with Gasteiger partial charge in [0.15, 0.2) is 5.82 Å². The highest BCUT2D eigenvalue weighted by atomic mass is 19.4. The van der Waals surface area contributed by atoms with Gasteiger partial charge in [0, 0.05) is 36.7 Å². The summed E-state index contributed by atoms with van der Waals surface area (Å²) < 4.78 is 56.8. The molecule has 0 radical (unpaired) electrons. The molecular weight excluding hydrogens is 532 g/mol. The predicted octanol–water partition coefficient (Wildman–Crippen LogP) is 4.42. The van der Waals surface area contributed by atoms with E-state index in [9.17, 15) is 27.9 Å². The Morgan fingerprint density at radius 1 is 1.18 bits per heavy atom. The van der Waals surface area contributed by atoms with Crippen LogP contribution < -0.4 is 16.4 Å². The Morgan fingerprint density at radius 2 is 1.93 bits per heavy atom. The van der Waals surface area contributed by atoms with E-state index in [0.29, 0.717) is 36.8 Å². The minimum absolute atomic E-state index is 0.0318. The Labute approximate surface area is 224 Å². The Kier molecular flexibility index (Phi) is 7.41. The molecule has 40 heavy (non-hydrogen) atoms. The van der Waals surface area contributed by atoms with Gasteiger partial charge >= 0.3 is 6.18 Å². The zero-order chi connectivity index (χ0) is 28.6. The number of nitrogens with one attached hydrogen (secondary N) is 2. The van der Waals surface area contributed by atoms with Crippen LogP contribution in [0.3, 0.4) is 0 Å². The van der Waals surface area contributed by atoms with Gasteiger partial charge in [0.05, 0.1) is 28.9 Å². The zero-order valence-electron chi connectivity index (χ0n) is 21.4. The molecule has 9 nitrogen and oxygen atoms in total. The number of aromatic nitrogens is 5. The third kappa shape index (κ3) is 5.60. The Bertz CT molecular complexity index is 1650. The van der Waals surface area contributed by atoms with E-state index in [0.717, 1.165) is 18.7 Å². The minimum atomic E-state index is -4.84. The lowest BCUT2D eigenvalue weighted by Crippen LogP contribution is -2.33. The molecule has 3 N–H and O–H groups in total. The molecule has 0 saturated heterocycles. The Hall–Kier alpha value is -4.13. The van der Waals surface area contributed by atoms with Crippen LogP contribution in [0.5, 0.6) is 0 Å². The van der Waals surface area contributed by atoms with Crippen LogP contribution in [-0.2, 0) is 12.7 Å². The molecule has 1 fully saturated rings. The van der Waals surface area contributed by atoms with E-state index in [2.05, 4.69) is 20.4 Å². The number of pyridine rings is 1. The van der Waals surface area contributed by atoms with Crippen LogP contribution in [0.15, 0.2) is 52.6 Å². The monoisotopic (exact) mass is 558 g/mol. The maximum absolute atomic E-state index is 15.0. The number of aromatic amines is 1. The number of hydrogen-bond donors (Lipinski definition) is 3. The highest BCUT2D eigenvalue weighted by Gasteiger charge is 2.38. The van der Waals surface area contributed by atoms with Gasteiger partial charge in [0.2, 0.25) is 0 Å². The average Bonchev–Trinajstić information content (AvgIpc) is 2.90. The molecule has 1 unspecified atom stereocenters. The van der Waals surface area contributed by atoms with Crippen LogP contribution >= 0.6 is 0 Å². The number of fused-ring (bicyclic) bond motifs is 1. The molecule has 1 saturated carbocycles. The lowest BCUT2D eigenvalue weighted by atomic mass is 9.85. The summed E-state index contributed by atoms with van der Waals surface area (Å²) in [6.45, 7) is 1.87. The molecule has 1 aliphatic carbocycles. The van der Waals surface area contributed by atoms with Crippen LogP contribution in [0.4, 0.5) is 23.2 Å². The van der Waals surface area contributed by atoms with Crippen molar-refractivity contribution in [2.75, 3.05) is 5.32 Å². The summed E-state index contributed by atoms with van der Waals surface area (Å²) in [5.74, 6) is -0.574. The van der Waals surface area contributed by atoms with Gasteiger partial charge in [-0.1, -0.05) is 6.42 Å². The SMILES string of the molecule is CC(O)c1cnc(-c2cc3ccn(C[C@@H]4CCC[C@H](Nc5cn[nH]c(=O)c5C(F)(F)F)C4)c(=O)c3cc2F)nc1. The van der Waals surface area contributed by atoms with Crippen LogP contribution in [0, 0.1) is 11.7 Å². The fourth-order valence-corrected chi connectivity index (χ4v) is 5.19. The average molecular weight is 559 g/mol. The summed E-state index contributed by atoms with van der Waals surface area (Å²) in [6, 6.07) is 4.00. The third-order valence-corrected chi connectivity index (χ3v) is 7.20. The fourth-order valence-electron chi connectivity index (χ4n) is 5.19. The summed E-state index contributed by atoms with van der Waals surface area (Å²) in [7, 11) is 0. The van der Waals surface area contributed by atoms with Crippen molar-refractivity contribution in [3.63, 3.8) is 0 Å². The van der Waals surface area contributed by atoms with Crippen molar-refractivity contribution in [1.82, 2.24) is 24.7 Å². The molecule has 4 aromatic rings. The van der Waals surface area contributed by atoms with Gasteiger partial charge in [-0.25, -0.2) is 19.5 Å². The Morgan fingerprint density at radius 3 is 2.62 bits per heavy atom. The van der Waals surface area contributed by atoms with Crippen molar-refractivity contribution < 1.29 is 22.7 Å². The molecule has 1 aromatic carbocycles. The molecule has 210 valence electrons. The lowest BCUT2D eigenvalue weighted by molar-refractivity contribution is -0.138. The van der Waals surface area contributed by atoms with Crippen molar-refractivity contribution in [2.24, 2.45) is 5.92 Å². The zero-order valence-corrected chi connectivity index (χ0v) is 21.4. The molecule has 13 heteroatoms. The van der Waals surface area contributed by atoms with E-state index >= 15 is 4.39 Å². The highest BCUT2D eigenvalue weighted by Crippen LogP contribution is 2.34. The second-order valence-electron chi connectivity index (χ2n) is 10.1. The molecule has 3 atom stereocenters. The molecule has 0 amide bonds. The molecule has 3 heterocycles. The topological polar surface area (TPSA) is 126 Å². The van der Waals surface area contributed by atoms with E-state index in [-0.39, 0.29) is 40.0 Å². The van der Waals surface area contributed by atoms with Gasteiger partial charge in [-0.05, 0) is 55.7 Å². The fraction of sp³-hybridized carbons (Fsp3) is 0.370. The number of alkyl halides is 3. The molecule has 3 aromatic heterocycles. The molecule has 5 rings (SSSR count). The maximum atomic E-state index is 15.0. The summed E-state index contributed by atoms with van der Waals surface area (Å²) in [5, 5.41) is 18.5. The van der Waals surface area contributed by atoms with Crippen LogP contribution in [0.25, 0.3) is 22.2 Å². The standard InChI is InChI=1S/C27H26F4N6O3/c1-14(38)17-10-32-24(33-11-17)20-8-16-5-6-37(26(40)19(16)9-21(20)28)13-15-3-2-4-18(7-15)35-22-12-34-36-25(39)23(22)27(29,30)31/h5-6,8-12,14-15,18,38H,2-4,7,13H2,1H3,(H2,35,36,39)/t14?,15-,18+/m1/s1. The minimum Gasteiger partial charge on any atom is -0.389 e. The van der Waals surface area contributed by atoms with Gasteiger partial charge in [-0.15, -0.1) is 0 Å². The van der Waals surface area contributed by atoms with Gasteiger partial charge in [-0.3, -0.25) is 9.59 Å². The first-order valence-electron chi connectivity index (χ1n) is 12.8. The van der Waals surface area contributed by atoms with Crippen molar-refractivity contribution in [3.8, 4) is 11.4 Å². The van der Waals surface area contributed by atoms with Gasteiger partial charge < -0.3 is 15.0 Å². The number of aliphatic hydroxyl groups excluding tert-OH is 1. The van der Waals surface area contributed by atoms with Crippen molar-refractivity contribution in [2.45, 2.75) is 57.5 Å². The summed E-state index contributed by atoms with van der Waals surface area (Å²) >= 11 is 0. The number of aliphatic hydroxyl groups is 1. The normalized spacial score (nSPS) is 18.6. The van der Waals surface area contributed by atoms with Gasteiger partial charge in [-0.2, -0.15) is 18.3 Å². The number of nitrogens with zero attached hydrogens (tertiary/aromatic N) is 4. The summed E-state index contributed by atoms with van der Waals surface area (Å²) in [4.78, 5) is 33.3. The van der Waals surface area contributed by atoms with Crippen molar-refractivity contribution in [1.29, 1.82) is 0 Å². The number of benzene rings is 1. The molecule has 1 aliphatic rings. The smallest absolute Gasteiger partial charge is 0.389 e. The first kappa shape index (κ1) is 27.4. The van der Waals surface area contributed by atoms with Gasteiger partial charge in [0.1, 0.15) is 11.4 Å². The van der Waals surface area contributed by atoms with Crippen LogP contribution in [0.2, 0.25) is 0 Å². The van der Waals surface area contributed by atoms with E-state index in [1.807, 2.05) is 5.10 Å². The molecule has 0 bridgehead atoms. The quantitative estimate of drug-likeness (QED) is 0.299. The van der Waals surface area contributed by atoms with Crippen molar-refractivity contribution >= 4 is 16.5 Å². The number of halogens is 4. The summed E-state index contributed by atoms with van der Waals surface area (Å²) in [6.07, 6.45) is 2.34. The third-order valence-electron chi connectivity index (χ3n) is 7.20. The highest BCUT2D eigenvalue weighted by molar-refractivity contribution is 5.86. The largest absolute Gasteiger partial charge is 0.423 e. The maximum Gasteiger partial charge on any atom is 0.423 e. The molecule has 0 spiro atoms. The first-order valence-corrected chi connectivity index (χ1v) is 12.8. The van der Waals surface area contributed by atoms with E-state index in [1.54, 1.807) is 19.2 Å². The number of rotatable bonds is 6. The second-order valence-corrected chi connectivity index (χ2v) is 10.1.